The molecule has 0 aromatic heterocycles. The fourth-order valence-electron chi connectivity index (χ4n) is 2.70. The maximum atomic E-state index is 5.40. The molecule has 2 N–H and O–H groups in total. The topological polar surface area (TPSA) is 54.9 Å². The van der Waals surface area contributed by atoms with E-state index in [9.17, 15) is 0 Å². The minimum Gasteiger partial charge on any atom is -0.496 e. The standard InChI is InChI=1S/C21H29N3O2.HI/c1-5-22-21(23-13-12-18-8-6-7-9-19(18)25-3)24-15-17-11-10-16(2)20(14-17)26-4;/h6-11,14H,5,12-13,15H2,1-4H3,(H2,22,23,24);1H. The Morgan fingerprint density at radius 3 is 2.44 bits per heavy atom. The Morgan fingerprint density at radius 2 is 1.74 bits per heavy atom. The van der Waals surface area contributed by atoms with Gasteiger partial charge in [-0.3, -0.25) is 0 Å². The lowest BCUT2D eigenvalue weighted by atomic mass is 10.1. The monoisotopic (exact) mass is 483 g/mol. The van der Waals surface area contributed by atoms with Crippen LogP contribution >= 0.6 is 24.0 Å². The van der Waals surface area contributed by atoms with Crippen molar-refractivity contribution in [1.82, 2.24) is 10.6 Å². The fraction of sp³-hybridized carbons (Fsp3) is 0.381. The number of halogens is 1. The van der Waals surface area contributed by atoms with Gasteiger partial charge in [-0.2, -0.15) is 0 Å². The Hall–Kier alpha value is -1.96. The molecule has 0 radical (unpaired) electrons. The van der Waals surface area contributed by atoms with Gasteiger partial charge in [0.05, 0.1) is 20.8 Å². The number of nitrogens with one attached hydrogen (secondary N) is 2. The predicted octanol–water partition coefficient (Wildman–Crippen LogP) is 3.93. The van der Waals surface area contributed by atoms with E-state index >= 15 is 0 Å². The highest BCUT2D eigenvalue weighted by Crippen LogP contribution is 2.19. The van der Waals surface area contributed by atoms with Gasteiger partial charge in [-0.1, -0.05) is 30.3 Å². The molecule has 0 saturated heterocycles. The fourth-order valence-corrected chi connectivity index (χ4v) is 2.70. The maximum Gasteiger partial charge on any atom is 0.191 e. The molecule has 0 aliphatic carbocycles. The molecule has 0 bridgehead atoms. The molecule has 0 fully saturated rings. The van der Waals surface area contributed by atoms with Crippen LogP contribution in [0, 0.1) is 6.92 Å². The molecule has 148 valence electrons. The second-order valence-electron chi connectivity index (χ2n) is 5.99. The lowest BCUT2D eigenvalue weighted by Gasteiger charge is -2.13. The van der Waals surface area contributed by atoms with Gasteiger partial charge < -0.3 is 20.1 Å². The third kappa shape index (κ3) is 7.28. The minimum atomic E-state index is 0. The van der Waals surface area contributed by atoms with Gasteiger partial charge in [-0.05, 0) is 49.1 Å². The number of hydrogen-bond acceptors (Lipinski definition) is 3. The number of aliphatic imine (C=N–C) groups is 1. The van der Waals surface area contributed by atoms with Crippen molar-refractivity contribution >= 4 is 29.9 Å². The number of hydrogen-bond donors (Lipinski definition) is 2. The van der Waals surface area contributed by atoms with E-state index in [4.69, 9.17) is 9.47 Å². The van der Waals surface area contributed by atoms with E-state index in [1.807, 2.05) is 31.2 Å². The van der Waals surface area contributed by atoms with E-state index < -0.39 is 0 Å². The number of methoxy groups -OCH3 is 2. The second-order valence-corrected chi connectivity index (χ2v) is 5.99. The average molecular weight is 483 g/mol. The van der Waals surface area contributed by atoms with Crippen LogP contribution in [0.25, 0.3) is 0 Å². The lowest BCUT2D eigenvalue weighted by molar-refractivity contribution is 0.409. The summed E-state index contributed by atoms with van der Waals surface area (Å²) in [6, 6.07) is 14.3. The van der Waals surface area contributed by atoms with E-state index in [0.29, 0.717) is 6.54 Å². The van der Waals surface area contributed by atoms with Gasteiger partial charge in [-0.25, -0.2) is 4.99 Å². The van der Waals surface area contributed by atoms with Crippen LogP contribution in [0.5, 0.6) is 11.5 Å². The number of guanidine groups is 1. The summed E-state index contributed by atoms with van der Waals surface area (Å²) in [5.41, 5.74) is 3.43. The third-order valence-corrected chi connectivity index (χ3v) is 4.12. The molecule has 0 aliphatic heterocycles. The molecular formula is C21H30IN3O2. The van der Waals surface area contributed by atoms with Gasteiger partial charge in [-0.15, -0.1) is 24.0 Å². The van der Waals surface area contributed by atoms with Crippen molar-refractivity contribution in [3.63, 3.8) is 0 Å². The molecule has 0 heterocycles. The van der Waals surface area contributed by atoms with Crippen molar-refractivity contribution in [3.05, 3.63) is 59.2 Å². The van der Waals surface area contributed by atoms with Crippen LogP contribution in [0.1, 0.15) is 23.6 Å². The molecule has 0 saturated carbocycles. The minimum absolute atomic E-state index is 0. The summed E-state index contributed by atoms with van der Waals surface area (Å²) < 4.78 is 10.8. The third-order valence-electron chi connectivity index (χ3n) is 4.12. The van der Waals surface area contributed by atoms with Crippen molar-refractivity contribution in [3.8, 4) is 11.5 Å². The lowest BCUT2D eigenvalue weighted by Crippen LogP contribution is -2.38. The van der Waals surface area contributed by atoms with Crippen LogP contribution in [0.3, 0.4) is 0 Å². The molecule has 0 amide bonds. The highest BCUT2D eigenvalue weighted by Gasteiger charge is 2.04. The first-order chi connectivity index (χ1) is 12.7. The SMILES string of the molecule is CCNC(=NCc1ccc(C)c(OC)c1)NCCc1ccccc1OC.I. The molecule has 2 aromatic carbocycles. The van der Waals surface area contributed by atoms with Gasteiger partial charge in [0.1, 0.15) is 11.5 Å². The molecule has 0 aliphatic rings. The zero-order valence-corrected chi connectivity index (χ0v) is 18.9. The van der Waals surface area contributed by atoms with Crippen LogP contribution in [0.4, 0.5) is 0 Å². The summed E-state index contributed by atoms with van der Waals surface area (Å²) >= 11 is 0. The first-order valence-electron chi connectivity index (χ1n) is 8.95. The van der Waals surface area contributed by atoms with Gasteiger partial charge in [0.25, 0.3) is 0 Å². The molecule has 2 aromatic rings. The maximum absolute atomic E-state index is 5.40. The highest BCUT2D eigenvalue weighted by atomic mass is 127. The van der Waals surface area contributed by atoms with Crippen molar-refractivity contribution in [2.24, 2.45) is 4.99 Å². The van der Waals surface area contributed by atoms with Crippen molar-refractivity contribution < 1.29 is 9.47 Å². The molecule has 2 rings (SSSR count). The first kappa shape index (κ1) is 23.1. The van der Waals surface area contributed by atoms with Crippen LogP contribution < -0.4 is 20.1 Å². The number of aryl methyl sites for hydroxylation is 1. The summed E-state index contributed by atoms with van der Waals surface area (Å²) in [5.74, 6) is 2.62. The largest absolute Gasteiger partial charge is 0.496 e. The number of para-hydroxylation sites is 1. The number of benzene rings is 2. The Balaban J connectivity index is 0.00000364. The number of ether oxygens (including phenoxy) is 2. The summed E-state index contributed by atoms with van der Waals surface area (Å²) in [6.07, 6.45) is 0.868. The molecule has 5 nitrogen and oxygen atoms in total. The predicted molar refractivity (Wildman–Crippen MR) is 123 cm³/mol. The number of nitrogens with zero attached hydrogens (tertiary/aromatic N) is 1. The Kier molecular flexibility index (Phi) is 10.6. The average Bonchev–Trinajstić information content (AvgIpc) is 2.67. The Labute approximate surface area is 179 Å². The summed E-state index contributed by atoms with van der Waals surface area (Å²) in [4.78, 5) is 4.67. The molecular weight excluding hydrogens is 453 g/mol. The molecule has 6 heteroatoms. The van der Waals surface area contributed by atoms with Gasteiger partial charge >= 0.3 is 0 Å². The Bertz CT molecular complexity index is 735. The zero-order valence-electron chi connectivity index (χ0n) is 16.5. The first-order valence-corrected chi connectivity index (χ1v) is 8.95. The normalized spacial score (nSPS) is 10.7. The molecule has 0 unspecified atom stereocenters. The van der Waals surface area contributed by atoms with Crippen molar-refractivity contribution in [2.45, 2.75) is 26.8 Å². The van der Waals surface area contributed by atoms with E-state index in [2.05, 4.69) is 40.7 Å². The van der Waals surface area contributed by atoms with Crippen molar-refractivity contribution in [2.75, 3.05) is 27.3 Å². The van der Waals surface area contributed by atoms with E-state index in [-0.39, 0.29) is 24.0 Å². The van der Waals surface area contributed by atoms with Crippen molar-refractivity contribution in [1.29, 1.82) is 0 Å². The van der Waals surface area contributed by atoms with E-state index in [0.717, 1.165) is 48.1 Å². The van der Waals surface area contributed by atoms with Crippen LogP contribution in [-0.4, -0.2) is 33.3 Å². The quantitative estimate of drug-likeness (QED) is 0.340. The summed E-state index contributed by atoms with van der Waals surface area (Å²) in [7, 11) is 3.40. The van der Waals surface area contributed by atoms with Crippen LogP contribution in [0.15, 0.2) is 47.5 Å². The van der Waals surface area contributed by atoms with E-state index in [1.54, 1.807) is 14.2 Å². The molecule has 0 atom stereocenters. The molecule has 27 heavy (non-hydrogen) atoms. The van der Waals surface area contributed by atoms with Gasteiger partial charge in [0.2, 0.25) is 0 Å². The smallest absolute Gasteiger partial charge is 0.191 e. The highest BCUT2D eigenvalue weighted by molar-refractivity contribution is 14.0. The second kappa shape index (κ2) is 12.4. The van der Waals surface area contributed by atoms with E-state index in [1.165, 1.54) is 5.56 Å². The number of rotatable bonds is 8. The Morgan fingerprint density at radius 1 is 1.00 bits per heavy atom. The van der Waals surface area contributed by atoms with Gasteiger partial charge in [0, 0.05) is 13.1 Å². The zero-order chi connectivity index (χ0) is 18.8. The van der Waals surface area contributed by atoms with Crippen LogP contribution in [-0.2, 0) is 13.0 Å². The summed E-state index contributed by atoms with van der Waals surface area (Å²) in [6.45, 7) is 6.30. The van der Waals surface area contributed by atoms with Crippen LogP contribution in [0.2, 0.25) is 0 Å². The molecule has 0 spiro atoms. The van der Waals surface area contributed by atoms with Gasteiger partial charge in [0.15, 0.2) is 5.96 Å². The summed E-state index contributed by atoms with van der Waals surface area (Å²) in [5, 5.41) is 6.67.